The van der Waals surface area contributed by atoms with Crippen LogP contribution in [0.4, 0.5) is 15.0 Å². The van der Waals surface area contributed by atoms with Crippen molar-refractivity contribution in [2.24, 2.45) is 0 Å². The van der Waals surface area contributed by atoms with E-state index in [1.165, 1.54) is 0 Å². The number of hydrogen-bond acceptors (Lipinski definition) is 8. The first-order chi connectivity index (χ1) is 22.9. The van der Waals surface area contributed by atoms with Gasteiger partial charge in [-0.15, -0.1) is 0 Å². The highest BCUT2D eigenvalue weighted by Gasteiger charge is 2.41. The molecule has 4 fully saturated rings. The van der Waals surface area contributed by atoms with Gasteiger partial charge in [-0.05, 0) is 86.7 Å². The molecule has 10 nitrogen and oxygen atoms in total. The van der Waals surface area contributed by atoms with E-state index in [1.54, 1.807) is 18.2 Å². The smallest absolute Gasteiger partial charge is 0.319 e. The number of phenols is 1. The van der Waals surface area contributed by atoms with Crippen LogP contribution in [-0.2, 0) is 4.74 Å². The van der Waals surface area contributed by atoms with Crippen LogP contribution in [0.1, 0.15) is 38.5 Å². The number of likely N-dealkylation sites (tertiary alicyclic amines) is 1. The summed E-state index contributed by atoms with van der Waals surface area (Å²) in [7, 11) is 2.09. The van der Waals surface area contributed by atoms with Crippen molar-refractivity contribution in [1.29, 1.82) is 0 Å². The van der Waals surface area contributed by atoms with Crippen molar-refractivity contribution in [2.75, 3.05) is 51.4 Å². The molecule has 0 saturated carbocycles. The summed E-state index contributed by atoms with van der Waals surface area (Å²) in [4.78, 5) is 29.6. The van der Waals surface area contributed by atoms with Crippen molar-refractivity contribution >= 4 is 33.5 Å². The first-order valence-electron chi connectivity index (χ1n) is 16.9. The van der Waals surface area contributed by atoms with Gasteiger partial charge in [-0.1, -0.05) is 30.3 Å². The van der Waals surface area contributed by atoms with Crippen LogP contribution in [0.15, 0.2) is 48.5 Å². The van der Waals surface area contributed by atoms with E-state index in [4.69, 9.17) is 14.5 Å². The number of amides is 2. The lowest BCUT2D eigenvalue weighted by Crippen LogP contribution is -2.51. The zero-order valence-electron chi connectivity index (χ0n) is 26.7. The highest BCUT2D eigenvalue weighted by Crippen LogP contribution is 2.40. The molecule has 4 aliphatic heterocycles. The maximum atomic E-state index is 16.8. The molecule has 0 aliphatic carbocycles. The standard InChI is InChI=1S/C36H41FN6O4/c1-41-14-4-6-26(41)21-47-35-39-33-30(11-10-29(32(33)37)31-18-27(44)17-22-5-2-3-7-28(22)31)34(40-35)42-15-12-24-8-9-25(19-42)43(24)36(45)38-23-13-16-46-20-23/h2-3,5,7,10-11,17-18,23-26,44H,4,6,8-9,12-16,19-21H2,1H3,(H,38,45)/t23?,24-,25+,26-/m0/s1. The van der Waals surface area contributed by atoms with Crippen LogP contribution in [0, 0.1) is 5.82 Å². The second-order valence-electron chi connectivity index (χ2n) is 13.5. The average Bonchev–Trinajstić information content (AvgIpc) is 3.80. The van der Waals surface area contributed by atoms with Crippen LogP contribution in [0.25, 0.3) is 32.8 Å². The van der Waals surface area contributed by atoms with Crippen molar-refractivity contribution in [3.05, 3.63) is 54.3 Å². The molecule has 0 radical (unpaired) electrons. The number of urea groups is 1. The maximum absolute atomic E-state index is 16.8. The lowest BCUT2D eigenvalue weighted by Gasteiger charge is -2.30. The summed E-state index contributed by atoms with van der Waals surface area (Å²) in [5.74, 6) is 0.203. The number of fused-ring (bicyclic) bond motifs is 4. The Hall–Kier alpha value is -4.22. The number of rotatable bonds is 6. The SMILES string of the molecule is CN1CCC[C@H]1COc1nc(N2CC[C@@H]3CC[C@H](C2)N3C(=O)NC2CCOC2)c2ccc(-c3cc(O)cc4ccccc34)c(F)c2n1. The van der Waals surface area contributed by atoms with E-state index < -0.39 is 5.82 Å². The molecule has 11 heteroatoms. The number of halogens is 1. The van der Waals surface area contributed by atoms with E-state index in [0.717, 1.165) is 55.8 Å². The van der Waals surface area contributed by atoms with Gasteiger partial charge in [-0.25, -0.2) is 9.18 Å². The van der Waals surface area contributed by atoms with Crippen LogP contribution in [0.3, 0.4) is 0 Å². The van der Waals surface area contributed by atoms with E-state index in [2.05, 4.69) is 27.1 Å². The van der Waals surface area contributed by atoms with Crippen molar-refractivity contribution in [1.82, 2.24) is 25.1 Å². The first-order valence-corrected chi connectivity index (χ1v) is 16.9. The highest BCUT2D eigenvalue weighted by molar-refractivity contribution is 6.01. The van der Waals surface area contributed by atoms with Crippen molar-refractivity contribution < 1.29 is 23.8 Å². The molecule has 5 heterocycles. The Balaban J connectivity index is 1.17. The second kappa shape index (κ2) is 12.4. The molecule has 0 spiro atoms. The molecule has 2 amide bonds. The van der Waals surface area contributed by atoms with Gasteiger partial charge in [0.25, 0.3) is 0 Å². The number of benzene rings is 3. The quantitative estimate of drug-likeness (QED) is 0.293. The molecular weight excluding hydrogens is 599 g/mol. The van der Waals surface area contributed by atoms with Gasteiger partial charge in [0.15, 0.2) is 5.82 Å². The monoisotopic (exact) mass is 640 g/mol. The summed E-state index contributed by atoms with van der Waals surface area (Å²) in [6.07, 6.45) is 5.63. The molecule has 4 aromatic rings. The first kappa shape index (κ1) is 30.1. The van der Waals surface area contributed by atoms with Gasteiger partial charge in [-0.3, -0.25) is 0 Å². The van der Waals surface area contributed by atoms with Crippen molar-refractivity contribution in [3.8, 4) is 22.9 Å². The van der Waals surface area contributed by atoms with Crippen molar-refractivity contribution in [3.63, 3.8) is 0 Å². The minimum Gasteiger partial charge on any atom is -0.508 e. The summed E-state index contributed by atoms with van der Waals surface area (Å²) in [6, 6.07) is 15.1. The van der Waals surface area contributed by atoms with Gasteiger partial charge < -0.3 is 34.6 Å². The predicted molar refractivity (Wildman–Crippen MR) is 178 cm³/mol. The highest BCUT2D eigenvalue weighted by atomic mass is 19.1. The van der Waals surface area contributed by atoms with Gasteiger partial charge in [-0.2, -0.15) is 9.97 Å². The second-order valence-corrected chi connectivity index (χ2v) is 13.5. The zero-order valence-corrected chi connectivity index (χ0v) is 26.7. The van der Waals surface area contributed by atoms with Crippen LogP contribution >= 0.6 is 0 Å². The Kier molecular flexibility index (Phi) is 7.97. The van der Waals surface area contributed by atoms with Gasteiger partial charge in [0.05, 0.1) is 18.7 Å². The Bertz CT molecular complexity index is 1820. The molecule has 4 saturated heterocycles. The summed E-state index contributed by atoms with van der Waals surface area (Å²) in [6.45, 7) is 3.93. The molecule has 8 rings (SSSR count). The molecule has 1 unspecified atom stereocenters. The predicted octanol–water partition coefficient (Wildman–Crippen LogP) is 5.31. The molecule has 4 atom stereocenters. The van der Waals surface area contributed by atoms with Crippen LogP contribution in [0.2, 0.25) is 0 Å². The van der Waals surface area contributed by atoms with Crippen molar-refractivity contribution in [2.45, 2.75) is 62.7 Å². The number of carbonyl (C=O) groups excluding carboxylic acids is 1. The fourth-order valence-corrected chi connectivity index (χ4v) is 8.01. The number of aromatic hydroxyl groups is 1. The summed E-state index contributed by atoms with van der Waals surface area (Å²) in [5, 5.41) is 16.0. The fraction of sp³-hybridized carbons (Fsp3) is 0.472. The van der Waals surface area contributed by atoms with Crippen LogP contribution < -0.4 is 15.0 Å². The number of nitrogens with one attached hydrogen (secondary N) is 1. The summed E-state index contributed by atoms with van der Waals surface area (Å²) < 4.78 is 28.5. The molecular formula is C36H41FN6O4. The lowest BCUT2D eigenvalue weighted by atomic mass is 9.96. The molecule has 3 aromatic carbocycles. The normalized spacial score (nSPS) is 24.7. The van der Waals surface area contributed by atoms with E-state index >= 15 is 4.39 Å². The van der Waals surface area contributed by atoms with Gasteiger partial charge in [0, 0.05) is 42.7 Å². The average molecular weight is 641 g/mol. The maximum Gasteiger partial charge on any atom is 0.319 e. The van der Waals surface area contributed by atoms with E-state index in [1.807, 2.05) is 35.2 Å². The Labute approximate surface area is 273 Å². The van der Waals surface area contributed by atoms with E-state index in [9.17, 15) is 9.90 Å². The van der Waals surface area contributed by atoms with Gasteiger partial charge >= 0.3 is 12.0 Å². The Morgan fingerprint density at radius 3 is 2.72 bits per heavy atom. The Morgan fingerprint density at radius 1 is 1.02 bits per heavy atom. The van der Waals surface area contributed by atoms with Crippen LogP contribution in [-0.4, -0.2) is 102 Å². The lowest BCUT2D eigenvalue weighted by molar-refractivity contribution is 0.165. The topological polar surface area (TPSA) is 103 Å². The molecule has 2 N–H and O–H groups in total. The molecule has 1 aromatic heterocycles. The fourth-order valence-electron chi connectivity index (χ4n) is 8.01. The number of phenolic OH excluding ortho intramolecular Hbond substituents is 1. The number of nitrogens with zero attached hydrogens (tertiary/aromatic N) is 5. The number of likely N-dealkylation sites (N-methyl/N-ethyl adjacent to an activating group) is 1. The third-order valence-electron chi connectivity index (χ3n) is 10.6. The number of aromatic nitrogens is 2. The van der Waals surface area contributed by atoms with E-state index in [0.29, 0.717) is 55.2 Å². The largest absolute Gasteiger partial charge is 0.508 e. The summed E-state index contributed by atoms with van der Waals surface area (Å²) in [5.41, 5.74) is 1.13. The van der Waals surface area contributed by atoms with Gasteiger partial charge in [0.2, 0.25) is 0 Å². The number of hydrogen-bond donors (Lipinski definition) is 2. The molecule has 4 aliphatic rings. The third-order valence-corrected chi connectivity index (χ3v) is 10.6. The van der Waals surface area contributed by atoms with Crippen LogP contribution in [0.5, 0.6) is 11.8 Å². The molecule has 47 heavy (non-hydrogen) atoms. The minimum atomic E-state index is -0.485. The number of anilines is 1. The summed E-state index contributed by atoms with van der Waals surface area (Å²) >= 11 is 0. The minimum absolute atomic E-state index is 0.00845. The zero-order chi connectivity index (χ0) is 32.1. The molecule has 246 valence electrons. The van der Waals surface area contributed by atoms with Gasteiger partial charge in [0.1, 0.15) is 23.7 Å². The third kappa shape index (κ3) is 5.69. The Morgan fingerprint density at radius 2 is 1.89 bits per heavy atom. The van der Waals surface area contributed by atoms with E-state index in [-0.39, 0.29) is 47.5 Å². The molecule has 2 bridgehead atoms. The number of carbonyl (C=O) groups is 1. The number of ether oxygens (including phenoxy) is 2.